The van der Waals surface area contributed by atoms with Gasteiger partial charge in [-0.05, 0) is 6.07 Å². The summed E-state index contributed by atoms with van der Waals surface area (Å²) in [4.78, 5) is 10.8. The third-order valence-electron chi connectivity index (χ3n) is 2.10. The van der Waals surface area contributed by atoms with E-state index in [4.69, 9.17) is 5.73 Å². The first kappa shape index (κ1) is 8.62. The highest BCUT2D eigenvalue weighted by Crippen LogP contribution is 2.23. The van der Waals surface area contributed by atoms with Crippen molar-refractivity contribution in [3.8, 4) is 5.88 Å². The number of amides is 1. The number of fused-ring (bicyclic) bond motifs is 1. The number of carbonyl (C=O) groups excluding carboxylic acids is 1. The summed E-state index contributed by atoms with van der Waals surface area (Å²) >= 11 is 0. The zero-order valence-corrected chi connectivity index (χ0v) is 7.47. The van der Waals surface area contributed by atoms with Crippen LogP contribution in [0.15, 0.2) is 30.3 Å². The van der Waals surface area contributed by atoms with Crippen molar-refractivity contribution >= 4 is 16.8 Å². The van der Waals surface area contributed by atoms with Gasteiger partial charge in [0.1, 0.15) is 6.54 Å². The summed E-state index contributed by atoms with van der Waals surface area (Å²) in [7, 11) is 0. The minimum atomic E-state index is -0.471. The standard InChI is InChI=1S/C10H10N2O2/c11-9(13)6-12-8-4-2-1-3-7(8)5-10(12)14/h1-5,14H,6H2,(H2,11,13). The van der Waals surface area contributed by atoms with Crippen LogP contribution in [0.3, 0.4) is 0 Å². The van der Waals surface area contributed by atoms with Crippen LogP contribution in [-0.4, -0.2) is 15.6 Å². The molecular formula is C10H10N2O2. The maximum atomic E-state index is 10.8. The van der Waals surface area contributed by atoms with E-state index in [-0.39, 0.29) is 12.4 Å². The number of benzene rings is 1. The quantitative estimate of drug-likeness (QED) is 0.736. The lowest BCUT2D eigenvalue weighted by atomic mass is 10.2. The summed E-state index contributed by atoms with van der Waals surface area (Å²) in [6, 6.07) is 9.03. The highest BCUT2D eigenvalue weighted by molar-refractivity contribution is 5.84. The smallest absolute Gasteiger partial charge is 0.237 e. The van der Waals surface area contributed by atoms with Gasteiger partial charge in [0.25, 0.3) is 0 Å². The number of aromatic nitrogens is 1. The molecule has 0 radical (unpaired) electrons. The van der Waals surface area contributed by atoms with Gasteiger partial charge in [-0.15, -0.1) is 0 Å². The summed E-state index contributed by atoms with van der Waals surface area (Å²) in [5.74, 6) is -0.411. The van der Waals surface area contributed by atoms with Crippen LogP contribution in [0.2, 0.25) is 0 Å². The van der Waals surface area contributed by atoms with E-state index in [1.165, 1.54) is 4.57 Å². The third kappa shape index (κ3) is 1.31. The molecule has 72 valence electrons. The summed E-state index contributed by atoms with van der Waals surface area (Å²) in [6.45, 7) is -0.000648. The molecule has 0 saturated carbocycles. The molecule has 0 saturated heterocycles. The number of primary amides is 1. The second-order valence-corrected chi connectivity index (χ2v) is 3.11. The Kier molecular flexibility index (Phi) is 1.89. The van der Waals surface area contributed by atoms with Gasteiger partial charge in [-0.3, -0.25) is 4.79 Å². The maximum absolute atomic E-state index is 10.8. The van der Waals surface area contributed by atoms with Gasteiger partial charge in [-0.2, -0.15) is 0 Å². The SMILES string of the molecule is NC(=O)Cn1c(O)cc2ccccc21. The number of carbonyl (C=O) groups is 1. The molecule has 3 N–H and O–H groups in total. The molecular weight excluding hydrogens is 180 g/mol. The molecule has 0 atom stereocenters. The molecule has 2 rings (SSSR count). The monoisotopic (exact) mass is 190 g/mol. The summed E-state index contributed by atoms with van der Waals surface area (Å²) in [6.07, 6.45) is 0. The fourth-order valence-corrected chi connectivity index (χ4v) is 1.52. The first-order valence-electron chi connectivity index (χ1n) is 4.24. The Morgan fingerprint density at radius 2 is 2.14 bits per heavy atom. The van der Waals surface area contributed by atoms with Gasteiger partial charge in [-0.25, -0.2) is 0 Å². The molecule has 0 aliphatic rings. The van der Waals surface area contributed by atoms with E-state index in [1.54, 1.807) is 6.07 Å². The molecule has 1 heterocycles. The predicted octanol–water partition coefficient (Wildman–Crippen LogP) is 0.832. The molecule has 0 unspecified atom stereocenters. The molecule has 1 aromatic carbocycles. The first-order chi connectivity index (χ1) is 6.68. The number of rotatable bonds is 2. The average molecular weight is 190 g/mol. The van der Waals surface area contributed by atoms with Gasteiger partial charge in [0, 0.05) is 11.5 Å². The fourth-order valence-electron chi connectivity index (χ4n) is 1.52. The highest BCUT2D eigenvalue weighted by atomic mass is 16.3. The Morgan fingerprint density at radius 1 is 1.43 bits per heavy atom. The Bertz CT molecular complexity index is 488. The largest absolute Gasteiger partial charge is 0.494 e. The first-order valence-corrected chi connectivity index (χ1v) is 4.24. The number of aromatic hydroxyl groups is 1. The Morgan fingerprint density at radius 3 is 2.86 bits per heavy atom. The zero-order chi connectivity index (χ0) is 10.1. The molecule has 1 aromatic heterocycles. The highest BCUT2D eigenvalue weighted by Gasteiger charge is 2.08. The van der Waals surface area contributed by atoms with Gasteiger partial charge in [0.15, 0.2) is 5.88 Å². The van der Waals surface area contributed by atoms with Gasteiger partial charge < -0.3 is 15.4 Å². The molecule has 14 heavy (non-hydrogen) atoms. The minimum Gasteiger partial charge on any atom is -0.494 e. The van der Waals surface area contributed by atoms with E-state index >= 15 is 0 Å². The number of hydrogen-bond donors (Lipinski definition) is 2. The van der Waals surface area contributed by atoms with Gasteiger partial charge >= 0.3 is 0 Å². The Hall–Kier alpha value is -1.97. The van der Waals surface area contributed by atoms with E-state index < -0.39 is 5.91 Å². The van der Waals surface area contributed by atoms with Crippen LogP contribution in [0.1, 0.15) is 0 Å². The molecule has 0 aliphatic carbocycles. The van der Waals surface area contributed by atoms with E-state index in [2.05, 4.69) is 0 Å². The van der Waals surface area contributed by atoms with Crippen molar-refractivity contribution in [3.05, 3.63) is 30.3 Å². The molecule has 4 heteroatoms. The molecule has 4 nitrogen and oxygen atoms in total. The molecule has 0 fully saturated rings. The topological polar surface area (TPSA) is 68.2 Å². The van der Waals surface area contributed by atoms with Crippen molar-refractivity contribution < 1.29 is 9.90 Å². The van der Waals surface area contributed by atoms with Crippen LogP contribution >= 0.6 is 0 Å². The van der Waals surface area contributed by atoms with Crippen molar-refractivity contribution in [2.24, 2.45) is 5.73 Å². The van der Waals surface area contributed by atoms with Crippen LogP contribution in [0.25, 0.3) is 10.9 Å². The predicted molar refractivity (Wildman–Crippen MR) is 52.8 cm³/mol. The lowest BCUT2D eigenvalue weighted by Crippen LogP contribution is -2.18. The van der Waals surface area contributed by atoms with Gasteiger partial charge in [-0.1, -0.05) is 18.2 Å². The third-order valence-corrected chi connectivity index (χ3v) is 2.10. The van der Waals surface area contributed by atoms with Crippen LogP contribution in [0.5, 0.6) is 5.88 Å². The summed E-state index contributed by atoms with van der Waals surface area (Å²) < 4.78 is 1.48. The average Bonchev–Trinajstić information content (AvgIpc) is 2.43. The van der Waals surface area contributed by atoms with E-state index in [9.17, 15) is 9.90 Å². The van der Waals surface area contributed by atoms with Gasteiger partial charge in [0.05, 0.1) is 5.52 Å². The second-order valence-electron chi connectivity index (χ2n) is 3.11. The Labute approximate surface area is 80.6 Å². The van der Waals surface area contributed by atoms with Crippen LogP contribution in [0, 0.1) is 0 Å². The Balaban J connectivity index is 2.62. The van der Waals surface area contributed by atoms with Crippen molar-refractivity contribution in [2.75, 3.05) is 0 Å². The van der Waals surface area contributed by atoms with Crippen molar-refractivity contribution in [3.63, 3.8) is 0 Å². The molecule has 0 spiro atoms. The van der Waals surface area contributed by atoms with Crippen molar-refractivity contribution in [1.82, 2.24) is 4.57 Å². The van der Waals surface area contributed by atoms with Crippen molar-refractivity contribution in [1.29, 1.82) is 0 Å². The second kappa shape index (κ2) is 3.06. The van der Waals surface area contributed by atoms with E-state index in [0.717, 1.165) is 10.9 Å². The van der Waals surface area contributed by atoms with Crippen LogP contribution < -0.4 is 5.73 Å². The fraction of sp³-hybridized carbons (Fsp3) is 0.100. The molecule has 0 aliphatic heterocycles. The normalized spacial score (nSPS) is 10.6. The number of nitrogens with zero attached hydrogens (tertiary/aromatic N) is 1. The zero-order valence-electron chi connectivity index (χ0n) is 7.47. The van der Waals surface area contributed by atoms with E-state index in [0.29, 0.717) is 0 Å². The van der Waals surface area contributed by atoms with Gasteiger partial charge in [0.2, 0.25) is 5.91 Å². The lowest BCUT2D eigenvalue weighted by molar-refractivity contribution is -0.118. The molecule has 0 bridgehead atoms. The molecule has 2 aromatic rings. The summed E-state index contributed by atoms with van der Waals surface area (Å²) in [5, 5.41) is 10.4. The van der Waals surface area contributed by atoms with E-state index in [1.807, 2.05) is 24.3 Å². The van der Waals surface area contributed by atoms with Crippen LogP contribution in [-0.2, 0) is 11.3 Å². The number of hydrogen-bond acceptors (Lipinski definition) is 2. The molecule has 1 amide bonds. The number of para-hydroxylation sites is 1. The van der Waals surface area contributed by atoms with Crippen molar-refractivity contribution in [2.45, 2.75) is 6.54 Å². The summed E-state index contributed by atoms with van der Waals surface area (Å²) in [5.41, 5.74) is 5.88. The minimum absolute atomic E-state index is 0.000648. The maximum Gasteiger partial charge on any atom is 0.237 e. The lowest BCUT2D eigenvalue weighted by Gasteiger charge is -2.02. The van der Waals surface area contributed by atoms with Crippen LogP contribution in [0.4, 0.5) is 0 Å². The number of nitrogens with two attached hydrogens (primary N) is 1.